The second-order valence-electron chi connectivity index (χ2n) is 9.97. The van der Waals surface area contributed by atoms with Gasteiger partial charge in [-0.1, -0.05) is 36.4 Å². The second kappa shape index (κ2) is 12.1. The van der Waals surface area contributed by atoms with Crippen LogP contribution < -0.4 is 0 Å². The van der Waals surface area contributed by atoms with E-state index in [4.69, 9.17) is 0 Å². The maximum absolute atomic E-state index is 14.8. The van der Waals surface area contributed by atoms with Crippen LogP contribution in [0.4, 0.5) is 26.3 Å². The van der Waals surface area contributed by atoms with Gasteiger partial charge in [-0.25, -0.2) is 22.0 Å². The van der Waals surface area contributed by atoms with E-state index in [0.717, 1.165) is 25.0 Å². The van der Waals surface area contributed by atoms with Crippen LogP contribution in [0, 0.1) is 40.8 Å². The molecule has 1 nitrogen and oxygen atoms in total. The molecule has 1 fully saturated rings. The summed E-state index contributed by atoms with van der Waals surface area (Å²) in [5.41, 5.74) is 0.00456. The monoisotopic (exact) mass is 532 g/mol. The lowest BCUT2D eigenvalue weighted by atomic mass is 9.76. The molecule has 0 unspecified atom stereocenters. The Hall–Kier alpha value is -3.22. The summed E-state index contributed by atoms with van der Waals surface area (Å²) in [5, 5.41) is 9.27. The van der Waals surface area contributed by atoms with E-state index in [-0.39, 0.29) is 23.8 Å². The first-order valence-corrected chi connectivity index (χ1v) is 12.9. The molecule has 1 saturated carbocycles. The summed E-state index contributed by atoms with van der Waals surface area (Å²) in [7, 11) is 0. The lowest BCUT2D eigenvalue weighted by molar-refractivity contribution is 0.303. The number of benzene rings is 3. The van der Waals surface area contributed by atoms with Gasteiger partial charge in [0.15, 0.2) is 34.8 Å². The van der Waals surface area contributed by atoms with Gasteiger partial charge in [0.1, 0.15) is 0 Å². The maximum atomic E-state index is 14.8. The van der Waals surface area contributed by atoms with Gasteiger partial charge in [-0.05, 0) is 98.9 Å². The minimum atomic E-state index is -1.52. The molecule has 1 N–H and O–H groups in total. The van der Waals surface area contributed by atoms with Crippen LogP contribution in [0.1, 0.15) is 68.1 Å². The van der Waals surface area contributed by atoms with E-state index < -0.39 is 51.8 Å². The average molecular weight is 533 g/mol. The molecule has 3 aromatic rings. The Kier molecular flexibility index (Phi) is 8.85. The van der Waals surface area contributed by atoms with Crippen molar-refractivity contribution in [2.45, 2.75) is 64.2 Å². The van der Waals surface area contributed by atoms with Crippen molar-refractivity contribution in [2.24, 2.45) is 5.92 Å². The van der Waals surface area contributed by atoms with E-state index in [1.165, 1.54) is 12.1 Å². The molecule has 1 aliphatic carbocycles. The van der Waals surface area contributed by atoms with Crippen LogP contribution in [0.25, 0.3) is 11.1 Å². The summed E-state index contributed by atoms with van der Waals surface area (Å²) in [6.07, 6.45) is 8.61. The molecule has 0 bridgehead atoms. The van der Waals surface area contributed by atoms with Crippen molar-refractivity contribution in [3.05, 3.63) is 100 Å². The molecule has 0 spiro atoms. The molecule has 0 heterocycles. The number of halogens is 6. The van der Waals surface area contributed by atoms with E-state index in [2.05, 4.69) is 0 Å². The summed E-state index contributed by atoms with van der Waals surface area (Å²) < 4.78 is 86.8. The second-order valence-corrected chi connectivity index (χ2v) is 9.97. The minimum absolute atomic E-state index is 0.0839. The predicted molar refractivity (Wildman–Crippen MR) is 136 cm³/mol. The Bertz CT molecular complexity index is 1320. The Morgan fingerprint density at radius 3 is 1.95 bits per heavy atom. The third kappa shape index (κ3) is 5.77. The zero-order chi connectivity index (χ0) is 27.4. The Labute approximate surface area is 218 Å². The summed E-state index contributed by atoms with van der Waals surface area (Å²) in [6.45, 7) is 1.88. The highest BCUT2D eigenvalue weighted by Crippen LogP contribution is 2.40. The number of aryl methyl sites for hydroxylation is 2. The highest BCUT2D eigenvalue weighted by molar-refractivity contribution is 5.66. The van der Waals surface area contributed by atoms with Crippen LogP contribution in [0.15, 0.2) is 48.6 Å². The van der Waals surface area contributed by atoms with Crippen LogP contribution in [-0.2, 0) is 12.8 Å². The van der Waals surface area contributed by atoms with Gasteiger partial charge >= 0.3 is 0 Å². The molecule has 0 atom stereocenters. The zero-order valence-corrected chi connectivity index (χ0v) is 21.1. The number of phenols is 1. The number of aromatic hydroxyl groups is 1. The predicted octanol–water partition coefficient (Wildman–Crippen LogP) is 9.31. The van der Waals surface area contributed by atoms with E-state index in [1.54, 1.807) is 12.1 Å². The number of rotatable bonds is 8. The molecule has 1 aliphatic rings. The Balaban J connectivity index is 1.37. The fourth-order valence-corrected chi connectivity index (χ4v) is 5.38. The standard InChI is InChI=1S/C31H30F6O/c1-2-3-4-5-20-12-14-22(28(34)26(20)32)19-9-6-18(7-10-19)8-11-21-13-15-23(29(35)27(21)33)24-16-17-25(38)31(37)30(24)36/h2-3,12-19,38H,4-11H2,1H3/b3-2+. The smallest absolute Gasteiger partial charge is 0.200 e. The highest BCUT2D eigenvalue weighted by atomic mass is 19.2. The van der Waals surface area contributed by atoms with Gasteiger partial charge in [-0.2, -0.15) is 4.39 Å². The highest BCUT2D eigenvalue weighted by Gasteiger charge is 2.27. The quantitative estimate of drug-likeness (QED) is 0.226. The van der Waals surface area contributed by atoms with E-state index in [0.29, 0.717) is 43.2 Å². The van der Waals surface area contributed by atoms with Gasteiger partial charge in [0, 0.05) is 11.1 Å². The molecule has 202 valence electrons. The lowest BCUT2D eigenvalue weighted by Gasteiger charge is -2.29. The number of hydrogen-bond donors (Lipinski definition) is 1. The van der Waals surface area contributed by atoms with Crippen LogP contribution in [0.2, 0.25) is 0 Å². The molecule has 0 saturated heterocycles. The topological polar surface area (TPSA) is 20.2 Å². The van der Waals surface area contributed by atoms with Crippen LogP contribution in [0.3, 0.4) is 0 Å². The Morgan fingerprint density at radius 2 is 1.26 bits per heavy atom. The molecule has 4 rings (SSSR count). The van der Waals surface area contributed by atoms with Crippen LogP contribution in [0.5, 0.6) is 5.75 Å². The normalized spacial score (nSPS) is 17.9. The molecule has 0 radical (unpaired) electrons. The molecule has 3 aromatic carbocycles. The molecular formula is C31H30F6O. The molecule has 38 heavy (non-hydrogen) atoms. The molecule has 0 amide bonds. The number of allylic oxidation sites excluding steroid dienone is 2. The van der Waals surface area contributed by atoms with Crippen molar-refractivity contribution in [1.82, 2.24) is 0 Å². The molecule has 0 aromatic heterocycles. The van der Waals surface area contributed by atoms with Gasteiger partial charge in [0.05, 0.1) is 0 Å². The van der Waals surface area contributed by atoms with Crippen molar-refractivity contribution in [2.75, 3.05) is 0 Å². The van der Waals surface area contributed by atoms with Crippen molar-refractivity contribution in [3.8, 4) is 16.9 Å². The summed E-state index contributed by atoms with van der Waals surface area (Å²) in [6, 6.07) is 7.81. The van der Waals surface area contributed by atoms with E-state index in [1.807, 2.05) is 19.1 Å². The van der Waals surface area contributed by atoms with Crippen LogP contribution in [-0.4, -0.2) is 5.11 Å². The van der Waals surface area contributed by atoms with Gasteiger partial charge < -0.3 is 5.11 Å². The van der Waals surface area contributed by atoms with Crippen molar-refractivity contribution in [3.63, 3.8) is 0 Å². The number of hydrogen-bond acceptors (Lipinski definition) is 1. The minimum Gasteiger partial charge on any atom is -0.505 e. The SMILES string of the molecule is C/C=C/CCc1ccc(C2CCC(CCc3ccc(-c4ccc(O)c(F)c4F)c(F)c3F)CC2)c(F)c1F. The van der Waals surface area contributed by atoms with Gasteiger partial charge in [0.25, 0.3) is 0 Å². The Morgan fingerprint density at radius 1 is 0.684 bits per heavy atom. The third-order valence-electron chi connectivity index (χ3n) is 7.63. The first-order chi connectivity index (χ1) is 18.2. The zero-order valence-electron chi connectivity index (χ0n) is 21.1. The number of phenolic OH excluding ortho intramolecular Hbond substituents is 1. The molecular weight excluding hydrogens is 502 g/mol. The van der Waals surface area contributed by atoms with Gasteiger partial charge in [0.2, 0.25) is 5.82 Å². The average Bonchev–Trinajstić information content (AvgIpc) is 2.92. The largest absolute Gasteiger partial charge is 0.505 e. The van der Waals surface area contributed by atoms with Crippen molar-refractivity contribution in [1.29, 1.82) is 0 Å². The first-order valence-electron chi connectivity index (χ1n) is 12.9. The fourth-order valence-electron chi connectivity index (χ4n) is 5.38. The van der Waals surface area contributed by atoms with Crippen molar-refractivity contribution >= 4 is 0 Å². The summed E-state index contributed by atoms with van der Waals surface area (Å²) in [5.74, 6) is -7.68. The molecule has 0 aliphatic heterocycles. The van der Waals surface area contributed by atoms with Gasteiger partial charge in [-0.3, -0.25) is 0 Å². The first kappa shape index (κ1) is 27.8. The van der Waals surface area contributed by atoms with Crippen molar-refractivity contribution < 1.29 is 31.4 Å². The third-order valence-corrected chi connectivity index (χ3v) is 7.63. The lowest BCUT2D eigenvalue weighted by Crippen LogP contribution is -2.16. The summed E-state index contributed by atoms with van der Waals surface area (Å²) in [4.78, 5) is 0. The van der Waals surface area contributed by atoms with Crippen LogP contribution >= 0.6 is 0 Å². The fraction of sp³-hybridized carbons (Fsp3) is 0.355. The van der Waals surface area contributed by atoms with Gasteiger partial charge in [-0.15, -0.1) is 0 Å². The molecule has 7 heteroatoms. The van der Waals surface area contributed by atoms with E-state index >= 15 is 0 Å². The summed E-state index contributed by atoms with van der Waals surface area (Å²) >= 11 is 0. The maximum Gasteiger partial charge on any atom is 0.200 e. The van der Waals surface area contributed by atoms with E-state index in [9.17, 15) is 31.4 Å².